The fourth-order valence-electron chi connectivity index (χ4n) is 4.17. The molecular formula is C21H30O4. The molecule has 0 unspecified atom stereocenters. The van der Waals surface area contributed by atoms with E-state index in [2.05, 4.69) is 12.1 Å². The number of carbonyl (C=O) groups is 2. The van der Waals surface area contributed by atoms with Crippen molar-refractivity contribution in [1.29, 1.82) is 0 Å². The van der Waals surface area contributed by atoms with E-state index in [9.17, 15) is 9.59 Å². The summed E-state index contributed by atoms with van der Waals surface area (Å²) in [5, 5.41) is 0. The molecule has 1 aliphatic rings. The molecule has 0 bridgehead atoms. The third kappa shape index (κ3) is 3.88. The van der Waals surface area contributed by atoms with E-state index in [4.69, 9.17) is 9.47 Å². The van der Waals surface area contributed by atoms with Gasteiger partial charge in [0.05, 0.1) is 13.2 Å². The summed E-state index contributed by atoms with van der Waals surface area (Å²) in [6.45, 7) is 5.94. The van der Waals surface area contributed by atoms with Crippen LogP contribution in [-0.2, 0) is 24.5 Å². The molecule has 1 aromatic carbocycles. The van der Waals surface area contributed by atoms with E-state index < -0.39 is 17.4 Å². The van der Waals surface area contributed by atoms with Crippen molar-refractivity contribution in [2.24, 2.45) is 5.41 Å². The zero-order chi connectivity index (χ0) is 18.3. The molecular weight excluding hydrogens is 316 g/mol. The number of ether oxygens (including phenoxy) is 2. The van der Waals surface area contributed by atoms with Crippen LogP contribution in [0.4, 0.5) is 0 Å². The maximum absolute atomic E-state index is 12.9. The lowest BCUT2D eigenvalue weighted by molar-refractivity contribution is -0.174. The maximum atomic E-state index is 12.9. The highest BCUT2D eigenvalue weighted by Gasteiger charge is 2.53. The molecule has 0 aliphatic heterocycles. The van der Waals surface area contributed by atoms with Crippen molar-refractivity contribution in [2.45, 2.75) is 64.7 Å². The van der Waals surface area contributed by atoms with Crippen LogP contribution in [0.15, 0.2) is 30.3 Å². The van der Waals surface area contributed by atoms with E-state index in [1.54, 1.807) is 13.8 Å². The van der Waals surface area contributed by atoms with Crippen LogP contribution in [-0.4, -0.2) is 25.2 Å². The molecule has 0 aromatic heterocycles. The Balaban J connectivity index is 2.45. The molecule has 4 nitrogen and oxygen atoms in total. The molecule has 0 spiro atoms. The highest BCUT2D eigenvalue weighted by atomic mass is 16.6. The lowest BCUT2D eigenvalue weighted by Gasteiger charge is -2.38. The molecule has 0 amide bonds. The van der Waals surface area contributed by atoms with Crippen molar-refractivity contribution < 1.29 is 19.1 Å². The van der Waals surface area contributed by atoms with E-state index in [0.29, 0.717) is 12.8 Å². The fraction of sp³-hybridized carbons (Fsp3) is 0.619. The van der Waals surface area contributed by atoms with Crippen molar-refractivity contribution in [3.05, 3.63) is 35.9 Å². The fourth-order valence-corrected chi connectivity index (χ4v) is 4.17. The van der Waals surface area contributed by atoms with Crippen LogP contribution in [0.5, 0.6) is 0 Å². The SMILES string of the molecule is CCOC(=O)C(CC)(CC1(c2ccccc2)CCCC1)C(=O)OCC. The smallest absolute Gasteiger partial charge is 0.323 e. The Bertz CT molecular complexity index is 555. The summed E-state index contributed by atoms with van der Waals surface area (Å²) in [4.78, 5) is 25.7. The van der Waals surface area contributed by atoms with Crippen molar-refractivity contribution in [1.82, 2.24) is 0 Å². The Morgan fingerprint density at radius 2 is 1.48 bits per heavy atom. The van der Waals surface area contributed by atoms with Crippen LogP contribution in [0.25, 0.3) is 0 Å². The largest absolute Gasteiger partial charge is 0.465 e. The van der Waals surface area contributed by atoms with Gasteiger partial charge in [0.2, 0.25) is 0 Å². The summed E-state index contributed by atoms with van der Waals surface area (Å²) in [7, 11) is 0. The van der Waals surface area contributed by atoms with Gasteiger partial charge in [-0.15, -0.1) is 0 Å². The first-order chi connectivity index (χ1) is 12.0. The van der Waals surface area contributed by atoms with Gasteiger partial charge in [0.1, 0.15) is 0 Å². The molecule has 0 atom stereocenters. The molecule has 0 radical (unpaired) electrons. The molecule has 0 N–H and O–H groups in total. The molecule has 0 saturated heterocycles. The van der Waals surface area contributed by atoms with E-state index in [1.165, 1.54) is 5.56 Å². The summed E-state index contributed by atoms with van der Waals surface area (Å²) in [6.07, 6.45) is 5.03. The Morgan fingerprint density at radius 1 is 0.960 bits per heavy atom. The normalized spacial score (nSPS) is 16.4. The number of benzene rings is 1. The van der Waals surface area contributed by atoms with Crippen molar-refractivity contribution in [3.8, 4) is 0 Å². The van der Waals surface area contributed by atoms with Gasteiger partial charge < -0.3 is 9.47 Å². The van der Waals surface area contributed by atoms with Gasteiger partial charge >= 0.3 is 11.9 Å². The summed E-state index contributed by atoms with van der Waals surface area (Å²) in [6, 6.07) is 10.3. The maximum Gasteiger partial charge on any atom is 0.323 e. The van der Waals surface area contributed by atoms with Crippen LogP contribution in [0.3, 0.4) is 0 Å². The van der Waals surface area contributed by atoms with E-state index in [-0.39, 0.29) is 18.6 Å². The van der Waals surface area contributed by atoms with E-state index in [1.807, 2.05) is 25.1 Å². The predicted molar refractivity (Wildman–Crippen MR) is 97.2 cm³/mol. The van der Waals surface area contributed by atoms with Crippen molar-refractivity contribution in [2.75, 3.05) is 13.2 Å². The Kier molecular flexibility index (Phi) is 6.63. The molecule has 1 fully saturated rings. The summed E-state index contributed by atoms with van der Waals surface area (Å²) < 4.78 is 10.6. The number of rotatable bonds is 8. The monoisotopic (exact) mass is 346 g/mol. The van der Waals surface area contributed by atoms with Gasteiger partial charge in [0, 0.05) is 0 Å². The second-order valence-electron chi connectivity index (χ2n) is 6.91. The lowest BCUT2D eigenvalue weighted by Crippen LogP contribution is -2.46. The number of esters is 2. The summed E-state index contributed by atoms with van der Waals surface area (Å²) in [5.74, 6) is -0.892. The summed E-state index contributed by atoms with van der Waals surface area (Å²) >= 11 is 0. The van der Waals surface area contributed by atoms with Gasteiger partial charge in [0.25, 0.3) is 0 Å². The Morgan fingerprint density at radius 3 is 1.92 bits per heavy atom. The van der Waals surface area contributed by atoms with Crippen LogP contribution in [0.1, 0.15) is 64.9 Å². The van der Waals surface area contributed by atoms with Gasteiger partial charge in [-0.2, -0.15) is 0 Å². The topological polar surface area (TPSA) is 52.6 Å². The highest BCUT2D eigenvalue weighted by molar-refractivity contribution is 6.00. The first kappa shape index (κ1) is 19.5. The first-order valence-electron chi connectivity index (χ1n) is 9.44. The quantitative estimate of drug-likeness (QED) is 0.517. The average Bonchev–Trinajstić information content (AvgIpc) is 3.10. The van der Waals surface area contributed by atoms with Crippen molar-refractivity contribution in [3.63, 3.8) is 0 Å². The third-order valence-electron chi connectivity index (χ3n) is 5.52. The minimum atomic E-state index is -1.23. The molecule has 1 aliphatic carbocycles. The second kappa shape index (κ2) is 8.50. The molecule has 138 valence electrons. The predicted octanol–water partition coefficient (Wildman–Crippen LogP) is 4.41. The summed E-state index contributed by atoms with van der Waals surface area (Å²) in [5.41, 5.74) is -0.192. The standard InChI is InChI=1S/C21H30O4/c1-4-21(18(22)24-5-2,19(23)25-6-3)16-20(14-10-11-15-20)17-12-8-7-9-13-17/h7-9,12-13H,4-6,10-11,14-16H2,1-3H3. The minimum absolute atomic E-state index is 0.170. The second-order valence-corrected chi connectivity index (χ2v) is 6.91. The van der Waals surface area contributed by atoms with Crippen LogP contribution >= 0.6 is 0 Å². The van der Waals surface area contributed by atoms with Crippen LogP contribution in [0, 0.1) is 5.41 Å². The lowest BCUT2D eigenvalue weighted by atomic mass is 9.65. The first-order valence-corrected chi connectivity index (χ1v) is 9.44. The Labute approximate surface area is 150 Å². The number of hydrogen-bond donors (Lipinski definition) is 0. The highest BCUT2D eigenvalue weighted by Crippen LogP contribution is 2.50. The van der Waals surface area contributed by atoms with Gasteiger partial charge in [-0.25, -0.2) is 0 Å². The van der Waals surface area contributed by atoms with Gasteiger partial charge in [-0.3, -0.25) is 9.59 Å². The van der Waals surface area contributed by atoms with Gasteiger partial charge in [-0.1, -0.05) is 50.1 Å². The number of carbonyl (C=O) groups excluding carboxylic acids is 2. The molecule has 1 aromatic rings. The molecule has 25 heavy (non-hydrogen) atoms. The van der Waals surface area contributed by atoms with E-state index >= 15 is 0 Å². The molecule has 1 saturated carbocycles. The molecule has 4 heteroatoms. The van der Waals surface area contributed by atoms with Crippen LogP contribution < -0.4 is 0 Å². The average molecular weight is 346 g/mol. The molecule has 0 heterocycles. The zero-order valence-corrected chi connectivity index (χ0v) is 15.7. The Hall–Kier alpha value is -1.84. The minimum Gasteiger partial charge on any atom is -0.465 e. The van der Waals surface area contributed by atoms with Crippen LogP contribution in [0.2, 0.25) is 0 Å². The van der Waals surface area contributed by atoms with Gasteiger partial charge in [-0.05, 0) is 50.5 Å². The van der Waals surface area contributed by atoms with Gasteiger partial charge in [0.15, 0.2) is 5.41 Å². The molecule has 2 rings (SSSR count). The van der Waals surface area contributed by atoms with E-state index in [0.717, 1.165) is 25.7 Å². The number of hydrogen-bond acceptors (Lipinski definition) is 4. The zero-order valence-electron chi connectivity index (χ0n) is 15.7. The third-order valence-corrected chi connectivity index (χ3v) is 5.52. The van der Waals surface area contributed by atoms with Crippen molar-refractivity contribution >= 4 is 11.9 Å².